The normalized spacial score (nSPS) is 32.2. The molecule has 8 atom stereocenters. The highest BCUT2D eigenvalue weighted by Crippen LogP contribution is 2.69. The largest absolute Gasteiger partial charge is 0.458 e. The zero-order chi connectivity index (χ0) is 37.4. The van der Waals surface area contributed by atoms with Crippen LogP contribution in [0.1, 0.15) is 144 Å². The number of hydrogen-bond acceptors (Lipinski definition) is 4. The molecule has 5 aliphatic rings. The molecular formula is C48H59NO4. The zero-order valence-electron chi connectivity index (χ0n) is 33.0. The van der Waals surface area contributed by atoms with Crippen molar-refractivity contribution in [3.8, 4) is 0 Å². The van der Waals surface area contributed by atoms with Crippen LogP contribution in [0.4, 0.5) is 5.69 Å². The van der Waals surface area contributed by atoms with Gasteiger partial charge < -0.3 is 4.74 Å². The molecule has 0 aromatic heterocycles. The molecule has 3 saturated carbocycles. The molecular weight excluding hydrogens is 655 g/mol. The van der Waals surface area contributed by atoms with Gasteiger partial charge in [0.1, 0.15) is 6.10 Å². The van der Waals surface area contributed by atoms with Gasteiger partial charge in [-0.1, -0.05) is 116 Å². The molecule has 3 fully saturated rings. The van der Waals surface area contributed by atoms with Crippen LogP contribution in [0.25, 0.3) is 10.8 Å². The Bertz CT molecular complexity index is 1940. The Hall–Kier alpha value is -3.73. The minimum Gasteiger partial charge on any atom is -0.458 e. The number of fused-ring (bicyclic) bond motifs is 5. The average molecular weight is 714 g/mol. The van der Waals surface area contributed by atoms with Crippen molar-refractivity contribution in [2.24, 2.45) is 51.8 Å². The summed E-state index contributed by atoms with van der Waals surface area (Å²) in [6, 6.07) is 17.9. The molecule has 4 aliphatic carbocycles. The maximum absolute atomic E-state index is 14.2. The molecule has 3 aromatic carbocycles. The van der Waals surface area contributed by atoms with Crippen LogP contribution in [-0.2, 0) is 4.74 Å². The summed E-state index contributed by atoms with van der Waals surface area (Å²) < 4.78 is 6.50. The lowest BCUT2D eigenvalue weighted by molar-refractivity contribution is -0.0827. The van der Waals surface area contributed by atoms with Crippen molar-refractivity contribution < 1.29 is 19.1 Å². The first-order valence-corrected chi connectivity index (χ1v) is 20.7. The maximum Gasteiger partial charge on any atom is 0.340 e. The minimum atomic E-state index is -0.484. The van der Waals surface area contributed by atoms with E-state index in [1.165, 1.54) is 50.5 Å². The van der Waals surface area contributed by atoms with Crippen LogP contribution in [0.2, 0.25) is 0 Å². The number of carbonyl (C=O) groups is 3. The van der Waals surface area contributed by atoms with Gasteiger partial charge in [0, 0.05) is 21.9 Å². The molecule has 0 N–H and O–H groups in total. The Morgan fingerprint density at radius 1 is 0.811 bits per heavy atom. The SMILES string of the molecule is CC(C)CCC[C@@H](C)[C@H]1CC[C@H]2[C@@H]3CC=C4C(C)(C)[C@@H](OC(=O)c5ccccc5N5C(=O)c6cccc7cccc(c67)C5=O)CC[C@]4(C)[C@H]3CC[C@]12C. The quantitative estimate of drug-likeness (QED) is 0.132. The number of carbonyl (C=O) groups excluding carboxylic acids is 3. The van der Waals surface area contributed by atoms with Crippen LogP contribution in [-0.4, -0.2) is 23.9 Å². The van der Waals surface area contributed by atoms with Gasteiger partial charge in [0.15, 0.2) is 0 Å². The zero-order valence-corrected chi connectivity index (χ0v) is 33.0. The first-order chi connectivity index (χ1) is 25.3. The van der Waals surface area contributed by atoms with Gasteiger partial charge >= 0.3 is 5.97 Å². The standard InChI is InChI=1S/C48H59NO4/c1-29(2)13-10-14-30(3)36-22-23-37-32-21-24-40-46(4,5)41(26-28-48(40,7)38(32)25-27-47(36,37)6)53-45(52)33-17-8-9-20-39(33)49-43(50)34-18-11-15-31-16-12-19-35(42(31)34)44(49)51/h8-9,11-12,15-20,24,29-30,32,36-38,41H,10,13-14,21-23,25-28H2,1-7H3/t30-,32+,36-,37+,38+,41+,47-,48-/m1/s1. The monoisotopic (exact) mass is 713 g/mol. The lowest BCUT2D eigenvalue weighted by Crippen LogP contribution is -2.55. The second kappa shape index (κ2) is 13.2. The predicted molar refractivity (Wildman–Crippen MR) is 213 cm³/mol. The molecule has 3 aromatic rings. The summed E-state index contributed by atoms with van der Waals surface area (Å²) in [6.45, 7) is 17.0. The van der Waals surface area contributed by atoms with Crippen LogP contribution in [0, 0.1) is 51.8 Å². The van der Waals surface area contributed by atoms with Gasteiger partial charge in [0.2, 0.25) is 0 Å². The van der Waals surface area contributed by atoms with E-state index in [0.29, 0.717) is 27.8 Å². The fourth-order valence-corrected chi connectivity index (χ4v) is 12.9. The molecule has 0 radical (unpaired) electrons. The number of benzene rings is 3. The van der Waals surface area contributed by atoms with Crippen molar-refractivity contribution in [3.05, 3.63) is 89.0 Å². The van der Waals surface area contributed by atoms with Crippen LogP contribution in [0.3, 0.4) is 0 Å². The van der Waals surface area contributed by atoms with Crippen molar-refractivity contribution in [2.75, 3.05) is 4.90 Å². The van der Waals surface area contributed by atoms with Crippen molar-refractivity contribution in [3.63, 3.8) is 0 Å². The Balaban J connectivity index is 1.02. The number of rotatable bonds is 8. The lowest BCUT2D eigenvalue weighted by Gasteiger charge is -2.61. The number of esters is 1. The number of nitrogens with zero attached hydrogens (tertiary/aromatic N) is 1. The topological polar surface area (TPSA) is 63.7 Å². The molecule has 0 saturated heterocycles. The van der Waals surface area contributed by atoms with E-state index in [1.807, 2.05) is 24.3 Å². The number of amides is 2. The predicted octanol–water partition coefficient (Wildman–Crippen LogP) is 11.8. The van der Waals surface area contributed by atoms with Crippen molar-refractivity contribution in [1.29, 1.82) is 0 Å². The van der Waals surface area contributed by atoms with Gasteiger partial charge in [-0.05, 0) is 121 Å². The highest BCUT2D eigenvalue weighted by Gasteiger charge is 2.61. The second-order valence-electron chi connectivity index (χ2n) is 19.0. The molecule has 0 spiro atoms. The van der Waals surface area contributed by atoms with E-state index in [0.717, 1.165) is 59.1 Å². The van der Waals surface area contributed by atoms with E-state index in [1.54, 1.807) is 36.4 Å². The molecule has 1 aliphatic heterocycles. The number of imide groups is 1. The smallest absolute Gasteiger partial charge is 0.340 e. The minimum absolute atomic E-state index is 0.0938. The number of hydrogen-bond donors (Lipinski definition) is 0. The highest BCUT2D eigenvalue weighted by molar-refractivity contribution is 6.36. The third kappa shape index (κ3) is 5.65. The Morgan fingerprint density at radius 3 is 2.21 bits per heavy atom. The van der Waals surface area contributed by atoms with Crippen LogP contribution < -0.4 is 4.90 Å². The summed E-state index contributed by atoms with van der Waals surface area (Å²) in [7, 11) is 0. The summed E-state index contributed by atoms with van der Waals surface area (Å²) in [5.74, 6) is 3.29. The summed E-state index contributed by atoms with van der Waals surface area (Å²) in [5, 5.41) is 1.51. The first kappa shape index (κ1) is 36.3. The van der Waals surface area contributed by atoms with Gasteiger partial charge in [-0.3, -0.25) is 9.59 Å². The van der Waals surface area contributed by atoms with Gasteiger partial charge in [-0.15, -0.1) is 0 Å². The third-order valence-electron chi connectivity index (χ3n) is 15.5. The van der Waals surface area contributed by atoms with Gasteiger partial charge in [-0.2, -0.15) is 0 Å². The first-order valence-electron chi connectivity index (χ1n) is 20.7. The maximum atomic E-state index is 14.2. The van der Waals surface area contributed by atoms with Crippen molar-refractivity contribution in [1.82, 2.24) is 0 Å². The fourth-order valence-electron chi connectivity index (χ4n) is 12.9. The van der Waals surface area contributed by atoms with Crippen molar-refractivity contribution >= 4 is 34.2 Å². The molecule has 53 heavy (non-hydrogen) atoms. The molecule has 0 unspecified atom stereocenters. The molecule has 1 heterocycles. The van der Waals surface area contributed by atoms with Gasteiger partial charge in [0.05, 0.1) is 11.3 Å². The molecule has 280 valence electrons. The van der Waals surface area contributed by atoms with E-state index in [9.17, 15) is 14.4 Å². The molecule has 5 heteroatoms. The number of allylic oxidation sites excluding steroid dienone is 1. The third-order valence-corrected chi connectivity index (χ3v) is 15.5. The second-order valence-corrected chi connectivity index (χ2v) is 19.0. The van der Waals surface area contributed by atoms with E-state index in [4.69, 9.17) is 4.74 Å². The Labute approximate surface area is 316 Å². The van der Waals surface area contributed by atoms with E-state index >= 15 is 0 Å². The molecule has 0 bridgehead atoms. The van der Waals surface area contributed by atoms with Crippen LogP contribution in [0.15, 0.2) is 72.3 Å². The fraction of sp³-hybridized carbons (Fsp3) is 0.562. The Morgan fingerprint density at radius 2 is 1.51 bits per heavy atom. The summed E-state index contributed by atoms with van der Waals surface area (Å²) in [5.41, 5.74) is 3.10. The number of ether oxygens (including phenoxy) is 1. The number of anilines is 1. The highest BCUT2D eigenvalue weighted by atomic mass is 16.5. The molecule has 5 nitrogen and oxygen atoms in total. The Kier molecular flexibility index (Phi) is 9.05. The van der Waals surface area contributed by atoms with E-state index in [-0.39, 0.29) is 28.2 Å². The molecule has 8 rings (SSSR count). The summed E-state index contributed by atoms with van der Waals surface area (Å²) in [6.07, 6.45) is 14.7. The summed E-state index contributed by atoms with van der Waals surface area (Å²) >= 11 is 0. The lowest BCUT2D eigenvalue weighted by atomic mass is 9.44. The number of para-hydroxylation sites is 1. The average Bonchev–Trinajstić information content (AvgIpc) is 3.49. The van der Waals surface area contributed by atoms with Gasteiger partial charge in [0.25, 0.3) is 11.8 Å². The van der Waals surface area contributed by atoms with Gasteiger partial charge in [-0.25, -0.2) is 9.69 Å². The van der Waals surface area contributed by atoms with Crippen LogP contribution in [0.5, 0.6) is 0 Å². The van der Waals surface area contributed by atoms with Crippen LogP contribution >= 0.6 is 0 Å². The van der Waals surface area contributed by atoms with E-state index in [2.05, 4.69) is 54.5 Å². The molecule has 2 amide bonds. The van der Waals surface area contributed by atoms with E-state index < -0.39 is 17.8 Å². The van der Waals surface area contributed by atoms with Crippen molar-refractivity contribution in [2.45, 2.75) is 119 Å². The summed E-state index contributed by atoms with van der Waals surface area (Å²) in [4.78, 5) is 43.3.